The highest BCUT2D eigenvalue weighted by molar-refractivity contribution is 7.89. The lowest BCUT2D eigenvalue weighted by Gasteiger charge is -2.28. The fourth-order valence-corrected chi connectivity index (χ4v) is 3.35. The largest absolute Gasteiger partial charge is 0.332 e. The third-order valence-corrected chi connectivity index (χ3v) is 4.80. The van der Waals surface area contributed by atoms with Crippen molar-refractivity contribution in [2.75, 3.05) is 13.1 Å². The van der Waals surface area contributed by atoms with Crippen molar-refractivity contribution in [1.82, 2.24) is 14.3 Å². The molecule has 0 bridgehead atoms. The minimum absolute atomic E-state index is 0.00930. The van der Waals surface area contributed by atoms with Gasteiger partial charge in [0.05, 0.1) is 6.20 Å². The normalized spacial score (nSPS) is 19.4. The maximum Gasteiger partial charge on any atom is 0.260 e. The van der Waals surface area contributed by atoms with Crippen molar-refractivity contribution >= 4 is 16.3 Å². The smallest absolute Gasteiger partial charge is 0.260 e. The molecule has 2 heterocycles. The molecule has 0 aliphatic carbocycles. The SMILES string of the molecule is Cc1ncc(S(=O)(=O)N2CCC(C=O)CC2)[nH]1. The van der Waals surface area contributed by atoms with Crippen molar-refractivity contribution in [3.63, 3.8) is 0 Å². The molecule has 0 saturated carbocycles. The lowest BCUT2D eigenvalue weighted by atomic mass is 10.0. The Hall–Kier alpha value is -1.21. The summed E-state index contributed by atoms with van der Waals surface area (Å²) in [4.78, 5) is 17.2. The highest BCUT2D eigenvalue weighted by Crippen LogP contribution is 2.21. The summed E-state index contributed by atoms with van der Waals surface area (Å²) in [5, 5.41) is 0.125. The number of carbonyl (C=O) groups excluding carboxylic acids is 1. The minimum atomic E-state index is -3.47. The van der Waals surface area contributed by atoms with E-state index in [0.717, 1.165) is 6.29 Å². The Morgan fingerprint density at radius 1 is 1.47 bits per heavy atom. The number of piperidine rings is 1. The molecule has 7 heteroatoms. The van der Waals surface area contributed by atoms with Crippen LogP contribution in [0.2, 0.25) is 0 Å². The van der Waals surface area contributed by atoms with Crippen molar-refractivity contribution in [1.29, 1.82) is 0 Å². The minimum Gasteiger partial charge on any atom is -0.332 e. The van der Waals surface area contributed by atoms with E-state index in [1.54, 1.807) is 6.92 Å². The van der Waals surface area contributed by atoms with Crippen molar-refractivity contribution in [3.8, 4) is 0 Å². The Labute approximate surface area is 100 Å². The molecule has 0 atom stereocenters. The number of nitrogens with zero attached hydrogens (tertiary/aromatic N) is 2. The van der Waals surface area contributed by atoms with Crippen LogP contribution in [-0.4, -0.2) is 42.1 Å². The van der Waals surface area contributed by atoms with Gasteiger partial charge in [0.1, 0.15) is 12.1 Å². The van der Waals surface area contributed by atoms with Crippen LogP contribution < -0.4 is 0 Å². The van der Waals surface area contributed by atoms with Crippen molar-refractivity contribution < 1.29 is 13.2 Å². The first-order chi connectivity index (χ1) is 8.04. The van der Waals surface area contributed by atoms with Gasteiger partial charge in [0, 0.05) is 19.0 Å². The lowest BCUT2D eigenvalue weighted by molar-refractivity contribution is -0.112. The molecule has 0 aromatic carbocycles. The van der Waals surface area contributed by atoms with Crippen LogP contribution in [0.4, 0.5) is 0 Å². The number of aromatic amines is 1. The van der Waals surface area contributed by atoms with Crippen molar-refractivity contribution in [2.24, 2.45) is 5.92 Å². The number of carbonyl (C=O) groups is 1. The highest BCUT2D eigenvalue weighted by atomic mass is 32.2. The number of imidazole rings is 1. The highest BCUT2D eigenvalue weighted by Gasteiger charge is 2.30. The van der Waals surface area contributed by atoms with E-state index in [2.05, 4.69) is 9.97 Å². The molecule has 2 rings (SSSR count). The number of hydrogen-bond donors (Lipinski definition) is 1. The molecule has 1 aromatic heterocycles. The first-order valence-electron chi connectivity index (χ1n) is 5.51. The van der Waals surface area contributed by atoms with E-state index >= 15 is 0 Å². The number of H-pyrrole nitrogens is 1. The molecule has 1 aromatic rings. The van der Waals surface area contributed by atoms with Crippen LogP contribution in [0.25, 0.3) is 0 Å². The first-order valence-corrected chi connectivity index (χ1v) is 6.95. The van der Waals surface area contributed by atoms with Gasteiger partial charge >= 0.3 is 0 Å². The van der Waals surface area contributed by atoms with E-state index in [1.165, 1.54) is 10.5 Å². The Bertz CT molecular complexity index is 501. The lowest BCUT2D eigenvalue weighted by Crippen LogP contribution is -2.38. The monoisotopic (exact) mass is 257 g/mol. The number of sulfonamides is 1. The molecule has 6 nitrogen and oxygen atoms in total. The second-order valence-electron chi connectivity index (χ2n) is 4.21. The van der Waals surface area contributed by atoms with E-state index in [4.69, 9.17) is 0 Å². The standard InChI is InChI=1S/C10H15N3O3S/c1-8-11-6-10(12-8)17(15,16)13-4-2-9(7-14)3-5-13/h6-7,9H,2-5H2,1H3,(H,11,12). The molecule has 1 aliphatic rings. The topological polar surface area (TPSA) is 83.1 Å². The summed E-state index contributed by atoms with van der Waals surface area (Å²) in [7, 11) is -3.47. The van der Waals surface area contributed by atoms with E-state index in [-0.39, 0.29) is 10.9 Å². The van der Waals surface area contributed by atoms with E-state index in [9.17, 15) is 13.2 Å². The molecule has 1 fully saturated rings. The number of aromatic nitrogens is 2. The van der Waals surface area contributed by atoms with Gasteiger partial charge in [-0.25, -0.2) is 13.4 Å². The van der Waals surface area contributed by atoms with Crippen molar-refractivity contribution in [3.05, 3.63) is 12.0 Å². The predicted molar refractivity (Wildman–Crippen MR) is 60.9 cm³/mol. The van der Waals surface area contributed by atoms with Gasteiger partial charge in [-0.2, -0.15) is 4.31 Å². The summed E-state index contributed by atoms with van der Waals surface area (Å²) in [6.45, 7) is 2.49. The van der Waals surface area contributed by atoms with Crippen LogP contribution in [0, 0.1) is 12.8 Å². The second-order valence-corrected chi connectivity index (χ2v) is 6.12. The number of hydrogen-bond acceptors (Lipinski definition) is 4. The van der Waals surface area contributed by atoms with E-state index < -0.39 is 10.0 Å². The molecule has 0 amide bonds. The third-order valence-electron chi connectivity index (χ3n) is 2.99. The van der Waals surface area contributed by atoms with Gasteiger partial charge in [-0.05, 0) is 19.8 Å². The van der Waals surface area contributed by atoms with Gasteiger partial charge in [-0.15, -0.1) is 0 Å². The number of nitrogens with one attached hydrogen (secondary N) is 1. The summed E-state index contributed by atoms with van der Waals surface area (Å²) < 4.78 is 25.7. The Morgan fingerprint density at radius 3 is 2.59 bits per heavy atom. The third kappa shape index (κ3) is 2.39. The quantitative estimate of drug-likeness (QED) is 0.790. The fourth-order valence-electron chi connectivity index (χ4n) is 1.92. The van der Waals surface area contributed by atoms with Crippen LogP contribution in [0.1, 0.15) is 18.7 Å². The van der Waals surface area contributed by atoms with Gasteiger partial charge in [-0.1, -0.05) is 0 Å². The van der Waals surface area contributed by atoms with Gasteiger partial charge in [0.15, 0.2) is 5.03 Å². The second kappa shape index (κ2) is 4.58. The van der Waals surface area contributed by atoms with Crippen molar-refractivity contribution in [2.45, 2.75) is 24.8 Å². The average molecular weight is 257 g/mol. The maximum atomic E-state index is 12.2. The number of aryl methyl sites for hydroxylation is 1. The summed E-state index contributed by atoms with van der Waals surface area (Å²) in [5.74, 6) is 0.566. The van der Waals surface area contributed by atoms with Crippen LogP contribution in [-0.2, 0) is 14.8 Å². The molecule has 0 unspecified atom stereocenters. The molecule has 94 valence electrons. The number of aldehydes is 1. The summed E-state index contributed by atoms with van der Waals surface area (Å²) >= 11 is 0. The van der Waals surface area contributed by atoms with E-state index in [0.29, 0.717) is 31.8 Å². The van der Waals surface area contributed by atoms with Gasteiger partial charge < -0.3 is 9.78 Å². The zero-order chi connectivity index (χ0) is 12.5. The van der Waals surface area contributed by atoms with Crippen LogP contribution in [0.15, 0.2) is 11.2 Å². The molecule has 1 N–H and O–H groups in total. The maximum absolute atomic E-state index is 12.2. The van der Waals surface area contributed by atoms with Gasteiger partial charge in [-0.3, -0.25) is 0 Å². The Kier molecular flexibility index (Phi) is 3.30. The molecular weight excluding hydrogens is 242 g/mol. The summed E-state index contributed by atoms with van der Waals surface area (Å²) in [6, 6.07) is 0. The van der Waals surface area contributed by atoms with Gasteiger partial charge in [0.2, 0.25) is 0 Å². The Balaban J connectivity index is 2.15. The zero-order valence-corrected chi connectivity index (χ0v) is 10.4. The van der Waals surface area contributed by atoms with E-state index in [1.807, 2.05) is 0 Å². The molecule has 17 heavy (non-hydrogen) atoms. The van der Waals surface area contributed by atoms with Crippen LogP contribution in [0.5, 0.6) is 0 Å². The molecule has 0 radical (unpaired) electrons. The molecule has 0 spiro atoms. The average Bonchev–Trinajstić information content (AvgIpc) is 2.77. The fraction of sp³-hybridized carbons (Fsp3) is 0.600. The molecule has 1 saturated heterocycles. The first kappa shape index (κ1) is 12.3. The molecular formula is C10H15N3O3S. The molecule has 1 aliphatic heterocycles. The predicted octanol–water partition coefficient (Wildman–Crippen LogP) is 0.318. The summed E-state index contributed by atoms with van der Waals surface area (Å²) in [6.07, 6.45) is 3.42. The van der Waals surface area contributed by atoms with Gasteiger partial charge in [0.25, 0.3) is 10.0 Å². The number of rotatable bonds is 3. The Morgan fingerprint density at radius 2 is 2.12 bits per heavy atom. The summed E-state index contributed by atoms with van der Waals surface area (Å²) in [5.41, 5.74) is 0. The van der Waals surface area contributed by atoms with Crippen LogP contribution >= 0.6 is 0 Å². The van der Waals surface area contributed by atoms with Crippen LogP contribution in [0.3, 0.4) is 0 Å². The zero-order valence-electron chi connectivity index (χ0n) is 9.59.